The molecule has 5 aromatic rings. The molecule has 2 aromatic carbocycles. The van der Waals surface area contributed by atoms with Gasteiger partial charge in [0.15, 0.2) is 0 Å². The topological polar surface area (TPSA) is 0 Å². The number of fused-ring (bicyclic) bond motifs is 11. The second-order valence-electron chi connectivity index (χ2n) is 7.62. The lowest BCUT2D eigenvalue weighted by Gasteiger charge is -2.00. The average Bonchev–Trinajstić information content (AvgIpc) is 3.54. The third-order valence-electron chi connectivity index (χ3n) is 6.02. The predicted octanol–water partition coefficient (Wildman–Crippen LogP) is 6.58. The summed E-state index contributed by atoms with van der Waals surface area (Å²) in [5.41, 5.74) is 10.4. The minimum absolute atomic E-state index is 1.19. The number of thiophene rings is 3. The Bertz CT molecular complexity index is 1720. The molecule has 0 N–H and O–H groups in total. The molecule has 0 saturated carbocycles. The molecule has 3 aromatic heterocycles. The van der Waals surface area contributed by atoms with Crippen molar-refractivity contribution in [1.29, 1.82) is 0 Å². The van der Waals surface area contributed by atoms with Gasteiger partial charge in [-0.1, -0.05) is 60.4 Å². The predicted molar refractivity (Wildman–Crippen MR) is 137 cm³/mol. The largest absolute Gasteiger partial charge is 0.132 e. The molecular formula is C28H14S3. The summed E-state index contributed by atoms with van der Waals surface area (Å²) in [6, 6.07) is 17.4. The van der Waals surface area contributed by atoms with Gasteiger partial charge < -0.3 is 0 Å². The van der Waals surface area contributed by atoms with Crippen LogP contribution in [0.3, 0.4) is 0 Å². The van der Waals surface area contributed by atoms with Crippen LogP contribution in [0.5, 0.6) is 0 Å². The van der Waals surface area contributed by atoms with Gasteiger partial charge in [0, 0.05) is 11.1 Å². The molecule has 2 aliphatic carbocycles. The monoisotopic (exact) mass is 446 g/mol. The van der Waals surface area contributed by atoms with E-state index < -0.39 is 0 Å². The van der Waals surface area contributed by atoms with Crippen LogP contribution in [-0.2, 0) is 0 Å². The summed E-state index contributed by atoms with van der Waals surface area (Å²) in [7, 11) is 0. The van der Waals surface area contributed by atoms with E-state index in [-0.39, 0.29) is 0 Å². The lowest BCUT2D eigenvalue weighted by molar-refractivity contribution is 1.66. The molecule has 0 saturated heterocycles. The van der Waals surface area contributed by atoms with Gasteiger partial charge in [-0.2, -0.15) is 0 Å². The molecule has 0 nitrogen and oxygen atoms in total. The lowest BCUT2D eigenvalue weighted by Crippen LogP contribution is -1.94. The smallest absolute Gasteiger partial charge is 0.0643 e. The van der Waals surface area contributed by atoms with Gasteiger partial charge in [0.25, 0.3) is 0 Å². The average molecular weight is 447 g/mol. The van der Waals surface area contributed by atoms with Gasteiger partial charge in [0.2, 0.25) is 0 Å². The van der Waals surface area contributed by atoms with Crippen LogP contribution in [-0.4, -0.2) is 0 Å². The molecule has 3 heterocycles. The van der Waals surface area contributed by atoms with Crippen molar-refractivity contribution in [2.24, 2.45) is 0 Å². The van der Waals surface area contributed by atoms with Gasteiger partial charge in [0.1, 0.15) is 0 Å². The maximum Gasteiger partial charge on any atom is 0.0643 e. The molecule has 0 atom stereocenters. The highest BCUT2D eigenvalue weighted by atomic mass is 32.1. The molecule has 144 valence electrons. The minimum atomic E-state index is 1.19. The highest BCUT2D eigenvalue weighted by Crippen LogP contribution is 2.51. The normalized spacial score (nSPS) is 12.8. The number of hydrogen-bond donors (Lipinski definition) is 0. The zero-order valence-corrected chi connectivity index (χ0v) is 19.3. The molecule has 7 rings (SSSR count). The maximum atomic E-state index is 3.39. The third kappa shape index (κ3) is 2.11. The number of benzene rings is 2. The minimum Gasteiger partial charge on any atom is -0.132 e. The molecule has 0 amide bonds. The van der Waals surface area contributed by atoms with E-state index in [9.17, 15) is 0 Å². The van der Waals surface area contributed by atoms with Gasteiger partial charge in [-0.3, -0.25) is 0 Å². The van der Waals surface area contributed by atoms with E-state index in [4.69, 9.17) is 0 Å². The van der Waals surface area contributed by atoms with Crippen LogP contribution in [0, 0.1) is 23.7 Å². The molecule has 0 aliphatic heterocycles. The van der Waals surface area contributed by atoms with Gasteiger partial charge in [0.05, 0.1) is 39.0 Å². The van der Waals surface area contributed by atoms with Gasteiger partial charge in [-0.15, -0.1) is 45.9 Å². The van der Waals surface area contributed by atoms with Crippen LogP contribution < -0.4 is 9.06 Å². The first-order valence-corrected chi connectivity index (χ1v) is 12.6. The summed E-state index contributed by atoms with van der Waals surface area (Å²) >= 11 is 5.78. The fourth-order valence-corrected chi connectivity index (χ4v) is 9.42. The molecule has 3 heteroatoms. The van der Waals surface area contributed by atoms with Gasteiger partial charge >= 0.3 is 0 Å². The summed E-state index contributed by atoms with van der Waals surface area (Å²) in [5.74, 6) is 13.1. The second kappa shape index (κ2) is 6.22. The van der Waals surface area contributed by atoms with E-state index in [1.54, 1.807) is 0 Å². The third-order valence-corrected chi connectivity index (χ3v) is 10.1. The maximum absolute atomic E-state index is 3.39. The van der Waals surface area contributed by atoms with Crippen molar-refractivity contribution in [2.45, 2.75) is 13.8 Å². The fraction of sp³-hybridized carbons (Fsp3) is 0.0714. The van der Waals surface area contributed by atoms with Crippen molar-refractivity contribution in [1.82, 2.24) is 0 Å². The van der Waals surface area contributed by atoms with Gasteiger partial charge in [-0.25, -0.2) is 0 Å². The first-order chi connectivity index (χ1) is 15.3. The standard InChI is InChI=1S/C28H14S3/c1-3-9-19-15-11-5-7-13-17(15)21-23(19)29-27-25(21)31-26-22-18-14-8-6-12-16(18)20(10-4-2)24(22)30-28(26)27/h5-8,11-14H,1-2H3. The van der Waals surface area contributed by atoms with Crippen LogP contribution in [0.1, 0.15) is 25.0 Å². The van der Waals surface area contributed by atoms with Crippen molar-refractivity contribution in [2.75, 3.05) is 0 Å². The van der Waals surface area contributed by atoms with Crippen LogP contribution in [0.15, 0.2) is 48.5 Å². The fourth-order valence-electron chi connectivity index (χ4n) is 4.85. The Morgan fingerprint density at radius 2 is 0.935 bits per heavy atom. The first kappa shape index (κ1) is 17.6. The molecule has 0 spiro atoms. The Hall–Kier alpha value is -3.08. The van der Waals surface area contributed by atoms with E-state index in [1.807, 2.05) is 47.9 Å². The molecule has 31 heavy (non-hydrogen) atoms. The second-order valence-corrected chi connectivity index (χ2v) is 10.7. The molecule has 0 unspecified atom stereocenters. The van der Waals surface area contributed by atoms with Crippen LogP contribution >= 0.6 is 34.0 Å². The zero-order valence-electron chi connectivity index (χ0n) is 16.8. The van der Waals surface area contributed by atoms with Crippen molar-refractivity contribution in [3.8, 4) is 45.9 Å². The zero-order chi connectivity index (χ0) is 20.7. The lowest BCUT2D eigenvalue weighted by atomic mass is 10.0. The molecule has 2 aliphatic rings. The quantitative estimate of drug-likeness (QED) is 0.236. The van der Waals surface area contributed by atoms with E-state index in [2.05, 4.69) is 72.2 Å². The van der Waals surface area contributed by atoms with E-state index in [0.29, 0.717) is 0 Å². The van der Waals surface area contributed by atoms with Crippen molar-refractivity contribution in [3.63, 3.8) is 0 Å². The Morgan fingerprint density at radius 1 is 0.516 bits per heavy atom. The Balaban J connectivity index is 1.65. The van der Waals surface area contributed by atoms with E-state index in [1.165, 1.54) is 72.4 Å². The van der Waals surface area contributed by atoms with Crippen LogP contribution in [0.4, 0.5) is 0 Å². The summed E-state index contributed by atoms with van der Waals surface area (Å²) in [6.07, 6.45) is 0. The summed E-state index contributed by atoms with van der Waals surface area (Å²) in [4.78, 5) is 0. The molecule has 0 bridgehead atoms. The SMILES string of the molecule is CC#CC1=c2sc3c(sc4c5c(sc43)=C(C#CC)c3ccccc3-5)c2-c2ccccc21. The van der Waals surface area contributed by atoms with Crippen molar-refractivity contribution < 1.29 is 0 Å². The summed E-state index contributed by atoms with van der Waals surface area (Å²) in [5, 5.41) is 0. The molecule has 0 fully saturated rings. The highest BCUT2D eigenvalue weighted by Gasteiger charge is 2.29. The summed E-state index contributed by atoms with van der Waals surface area (Å²) < 4.78 is 8.33. The highest BCUT2D eigenvalue weighted by molar-refractivity contribution is 7.39. The number of hydrogen-bond acceptors (Lipinski definition) is 3. The molecular weight excluding hydrogens is 433 g/mol. The van der Waals surface area contributed by atoms with Crippen LogP contribution in [0.2, 0.25) is 0 Å². The molecule has 0 radical (unpaired) electrons. The van der Waals surface area contributed by atoms with E-state index >= 15 is 0 Å². The van der Waals surface area contributed by atoms with Crippen molar-refractivity contribution in [3.05, 3.63) is 68.7 Å². The van der Waals surface area contributed by atoms with Crippen LogP contribution in [0.25, 0.3) is 52.2 Å². The van der Waals surface area contributed by atoms with E-state index in [0.717, 1.165) is 0 Å². The van der Waals surface area contributed by atoms with Gasteiger partial charge in [-0.05, 0) is 36.1 Å². The van der Waals surface area contributed by atoms with Crippen molar-refractivity contribution >= 4 is 64.0 Å². The Labute approximate surface area is 191 Å². The Kier molecular flexibility index (Phi) is 3.53. The Morgan fingerprint density at radius 3 is 1.35 bits per heavy atom. The number of rotatable bonds is 0. The summed E-state index contributed by atoms with van der Waals surface area (Å²) in [6.45, 7) is 3.85. The first-order valence-electron chi connectivity index (χ1n) is 10.1.